The summed E-state index contributed by atoms with van der Waals surface area (Å²) < 4.78 is 43.9. The number of hydrogen-bond acceptors (Lipinski definition) is 2. The van der Waals surface area contributed by atoms with E-state index in [4.69, 9.17) is 0 Å². The van der Waals surface area contributed by atoms with Crippen LogP contribution in [0.2, 0.25) is 0 Å². The molecular weight excluding hydrogens is 251 g/mol. The molecule has 0 fully saturated rings. The molecule has 0 N–H and O–H groups in total. The molecule has 6 heteroatoms. The van der Waals surface area contributed by atoms with Crippen molar-refractivity contribution in [3.8, 4) is 0 Å². The Labute approximate surface area is 77.1 Å². The summed E-state index contributed by atoms with van der Waals surface area (Å²) in [6.45, 7) is 0. The number of benzene rings is 1. The van der Waals surface area contributed by atoms with Crippen LogP contribution in [0.15, 0.2) is 27.6 Å². The molecule has 1 aromatic rings. The van der Waals surface area contributed by atoms with Crippen molar-refractivity contribution in [2.75, 3.05) is 0 Å². The molecule has 0 heterocycles. The van der Waals surface area contributed by atoms with E-state index >= 15 is 0 Å². The first-order chi connectivity index (χ1) is 5.41. The Morgan fingerprint density at radius 2 is 1.92 bits per heavy atom. The van der Waals surface area contributed by atoms with Gasteiger partial charge in [-0.3, -0.25) is 0 Å². The van der Waals surface area contributed by atoms with Gasteiger partial charge in [-0.25, -0.2) is 4.39 Å². The van der Waals surface area contributed by atoms with Crippen LogP contribution in [0.25, 0.3) is 0 Å². The molecule has 3 nitrogen and oxygen atoms in total. The van der Waals surface area contributed by atoms with E-state index in [-0.39, 0.29) is 4.47 Å². The fraction of sp³-hybridized carbons (Fsp3) is 0. The predicted molar refractivity (Wildman–Crippen MR) is 42.0 cm³/mol. The summed E-state index contributed by atoms with van der Waals surface area (Å²) in [5.74, 6) is -0.771. The molecule has 0 saturated carbocycles. The van der Waals surface area contributed by atoms with E-state index in [0.29, 0.717) is 6.07 Å². The van der Waals surface area contributed by atoms with Crippen LogP contribution in [0.3, 0.4) is 0 Å². The van der Waals surface area contributed by atoms with Gasteiger partial charge in [0.15, 0.2) is 0 Å². The van der Waals surface area contributed by atoms with Gasteiger partial charge in [-0.2, -0.15) is 8.42 Å². The van der Waals surface area contributed by atoms with E-state index in [1.54, 1.807) is 0 Å². The molecule has 12 heavy (non-hydrogen) atoms. The van der Waals surface area contributed by atoms with Crippen LogP contribution in [0, 0.1) is 5.82 Å². The van der Waals surface area contributed by atoms with Crippen LogP contribution in [0.4, 0.5) is 4.39 Å². The average molecular weight is 254 g/mol. The summed E-state index contributed by atoms with van der Waals surface area (Å²) in [5, 5.41) is 0. The van der Waals surface area contributed by atoms with Gasteiger partial charge in [-0.15, -0.1) is 0 Å². The van der Waals surface area contributed by atoms with Crippen molar-refractivity contribution in [2.24, 2.45) is 0 Å². The third-order valence-electron chi connectivity index (χ3n) is 1.18. The summed E-state index contributed by atoms with van der Waals surface area (Å²) in [7, 11) is -4.55. The second-order valence-corrected chi connectivity index (χ2v) is 4.26. The van der Waals surface area contributed by atoms with Crippen molar-refractivity contribution >= 4 is 26.0 Å². The highest BCUT2D eigenvalue weighted by atomic mass is 79.9. The Bertz CT molecular complexity index is 401. The fourth-order valence-electron chi connectivity index (χ4n) is 0.632. The maximum Gasteiger partial charge on any atom is 0.324 e. The highest BCUT2D eigenvalue weighted by Crippen LogP contribution is 2.18. The molecule has 1 radical (unpaired) electrons. The van der Waals surface area contributed by atoms with Crippen molar-refractivity contribution < 1.29 is 17.4 Å². The van der Waals surface area contributed by atoms with Gasteiger partial charge in [0.05, 0.1) is 9.37 Å². The SMILES string of the molecule is [O]S(=O)(=O)c1ccc(Br)c(F)c1. The number of halogens is 2. The quantitative estimate of drug-likeness (QED) is 0.765. The third kappa shape index (κ3) is 2.02. The highest BCUT2D eigenvalue weighted by molar-refractivity contribution is 9.10. The lowest BCUT2D eigenvalue weighted by molar-refractivity contribution is 0.413. The number of rotatable bonds is 1. The van der Waals surface area contributed by atoms with E-state index in [1.165, 1.54) is 6.07 Å². The normalized spacial score (nSPS) is 11.6. The molecule has 0 spiro atoms. The number of hydrogen-bond donors (Lipinski definition) is 0. The topological polar surface area (TPSA) is 54.0 Å². The molecule has 1 rings (SSSR count). The Kier molecular flexibility index (Phi) is 2.50. The van der Waals surface area contributed by atoms with Crippen molar-refractivity contribution in [3.63, 3.8) is 0 Å². The minimum atomic E-state index is -4.55. The van der Waals surface area contributed by atoms with Crippen LogP contribution in [0.1, 0.15) is 0 Å². The van der Waals surface area contributed by atoms with E-state index < -0.39 is 20.8 Å². The van der Waals surface area contributed by atoms with Crippen molar-refractivity contribution in [1.29, 1.82) is 0 Å². The van der Waals surface area contributed by atoms with E-state index in [9.17, 15) is 17.4 Å². The first kappa shape index (κ1) is 9.63. The van der Waals surface area contributed by atoms with Gasteiger partial charge >= 0.3 is 10.1 Å². The molecule has 0 aliphatic carbocycles. The molecule has 0 atom stereocenters. The molecule has 0 aliphatic heterocycles. The van der Waals surface area contributed by atoms with Crippen LogP contribution in [-0.4, -0.2) is 8.42 Å². The Hall–Kier alpha value is -0.460. The summed E-state index contributed by atoms with van der Waals surface area (Å²) >= 11 is 2.82. The summed E-state index contributed by atoms with van der Waals surface area (Å²) in [6.07, 6.45) is 0. The maximum absolute atomic E-state index is 12.7. The van der Waals surface area contributed by atoms with Crippen LogP contribution in [0.5, 0.6) is 0 Å². The molecule has 0 aromatic heterocycles. The van der Waals surface area contributed by atoms with Crippen molar-refractivity contribution in [2.45, 2.75) is 4.90 Å². The molecule has 0 amide bonds. The van der Waals surface area contributed by atoms with Gasteiger partial charge in [-0.05, 0) is 34.1 Å². The first-order valence-electron chi connectivity index (χ1n) is 2.82. The van der Waals surface area contributed by atoms with Crippen LogP contribution < -0.4 is 0 Å². The molecule has 0 bridgehead atoms. The molecular formula is C6H3BrFO3S. The van der Waals surface area contributed by atoms with E-state index in [1.807, 2.05) is 0 Å². The van der Waals surface area contributed by atoms with Crippen molar-refractivity contribution in [3.05, 3.63) is 28.5 Å². The fourth-order valence-corrected chi connectivity index (χ4v) is 1.36. The highest BCUT2D eigenvalue weighted by Gasteiger charge is 2.13. The summed E-state index contributed by atoms with van der Waals surface area (Å²) in [4.78, 5) is -0.566. The lowest BCUT2D eigenvalue weighted by Crippen LogP contribution is -1.96. The van der Waals surface area contributed by atoms with Gasteiger partial charge in [0.1, 0.15) is 5.82 Å². The molecule has 0 unspecified atom stereocenters. The van der Waals surface area contributed by atoms with Gasteiger partial charge in [-0.1, -0.05) is 4.55 Å². The molecule has 0 aliphatic rings. The molecule has 65 valence electrons. The molecule has 0 saturated heterocycles. The third-order valence-corrected chi connectivity index (χ3v) is 2.65. The second-order valence-electron chi connectivity index (χ2n) is 2.03. The lowest BCUT2D eigenvalue weighted by atomic mass is 10.3. The average Bonchev–Trinajstić information content (AvgIpc) is 1.92. The van der Waals surface area contributed by atoms with Gasteiger partial charge < -0.3 is 0 Å². The second kappa shape index (κ2) is 3.12. The smallest absolute Gasteiger partial charge is 0.206 e. The van der Waals surface area contributed by atoms with Gasteiger partial charge in [0.25, 0.3) is 0 Å². The Balaban J connectivity index is 3.33. The van der Waals surface area contributed by atoms with Crippen LogP contribution in [-0.2, 0) is 14.7 Å². The zero-order chi connectivity index (χ0) is 9.35. The largest absolute Gasteiger partial charge is 0.324 e. The molecule has 1 aromatic carbocycles. The minimum Gasteiger partial charge on any atom is -0.206 e. The predicted octanol–water partition coefficient (Wildman–Crippen LogP) is 1.71. The minimum absolute atomic E-state index is 0.120. The zero-order valence-corrected chi connectivity index (χ0v) is 8.02. The maximum atomic E-state index is 12.7. The monoisotopic (exact) mass is 253 g/mol. The van der Waals surface area contributed by atoms with E-state index in [0.717, 1.165) is 6.07 Å². The Morgan fingerprint density at radius 1 is 1.33 bits per heavy atom. The van der Waals surface area contributed by atoms with E-state index in [2.05, 4.69) is 15.9 Å². The van der Waals surface area contributed by atoms with Crippen molar-refractivity contribution in [1.82, 2.24) is 0 Å². The van der Waals surface area contributed by atoms with Gasteiger partial charge in [0.2, 0.25) is 0 Å². The zero-order valence-electron chi connectivity index (χ0n) is 5.62. The van der Waals surface area contributed by atoms with Gasteiger partial charge in [0, 0.05) is 0 Å². The summed E-state index contributed by atoms with van der Waals surface area (Å²) in [6, 6.07) is 2.88. The summed E-state index contributed by atoms with van der Waals surface area (Å²) in [5.41, 5.74) is 0. The first-order valence-corrected chi connectivity index (χ1v) is 5.02. The van der Waals surface area contributed by atoms with Crippen LogP contribution >= 0.6 is 15.9 Å². The lowest BCUT2D eigenvalue weighted by Gasteiger charge is -1.96. The standard InChI is InChI=1S/C6H3BrFO3S/c7-5-2-1-4(3-6(5)8)12(9,10)11/h1-3H. The Morgan fingerprint density at radius 3 is 2.33 bits per heavy atom.